The van der Waals surface area contributed by atoms with E-state index in [2.05, 4.69) is 0 Å². The van der Waals surface area contributed by atoms with Crippen LogP contribution in [0.1, 0.15) is 12.0 Å². The minimum Gasteiger partial charge on any atom is -0.385 e. The molecule has 0 saturated heterocycles. The van der Waals surface area contributed by atoms with Crippen LogP contribution in [0.2, 0.25) is 0 Å². The van der Waals surface area contributed by atoms with Gasteiger partial charge < -0.3 is 10.5 Å². The number of rotatable bonds is 5. The van der Waals surface area contributed by atoms with Gasteiger partial charge in [0.2, 0.25) is 0 Å². The molecule has 3 heteroatoms. The van der Waals surface area contributed by atoms with Gasteiger partial charge in [0.05, 0.1) is 0 Å². The van der Waals surface area contributed by atoms with Crippen LogP contribution in [-0.4, -0.2) is 19.8 Å². The molecule has 2 nitrogen and oxygen atoms in total. The third-order valence-corrected chi connectivity index (χ3v) is 2.08. The second-order valence-electron chi connectivity index (χ2n) is 3.38. The standard InChI is InChI=1S/C11H16FNO/c1-14-6-5-11(13)8-9-3-2-4-10(12)7-9/h2-4,7,11H,5-6,8,13H2,1H3. The highest BCUT2D eigenvalue weighted by Crippen LogP contribution is 2.07. The number of benzene rings is 1. The Kier molecular flexibility index (Phi) is 4.56. The summed E-state index contributed by atoms with van der Waals surface area (Å²) in [6, 6.07) is 6.58. The summed E-state index contributed by atoms with van der Waals surface area (Å²) in [4.78, 5) is 0. The Labute approximate surface area is 83.9 Å². The second-order valence-corrected chi connectivity index (χ2v) is 3.38. The first-order valence-corrected chi connectivity index (χ1v) is 4.71. The fourth-order valence-corrected chi connectivity index (χ4v) is 1.34. The molecule has 1 atom stereocenters. The van der Waals surface area contributed by atoms with Gasteiger partial charge >= 0.3 is 0 Å². The highest BCUT2D eigenvalue weighted by Gasteiger charge is 2.04. The number of halogens is 1. The summed E-state index contributed by atoms with van der Waals surface area (Å²) in [6.07, 6.45) is 1.49. The van der Waals surface area contributed by atoms with E-state index < -0.39 is 0 Å². The average Bonchev–Trinajstić information content (AvgIpc) is 2.15. The smallest absolute Gasteiger partial charge is 0.123 e. The normalized spacial score (nSPS) is 12.8. The first-order chi connectivity index (χ1) is 6.72. The van der Waals surface area contributed by atoms with Crippen molar-refractivity contribution in [2.45, 2.75) is 18.9 Å². The van der Waals surface area contributed by atoms with Crippen LogP contribution in [-0.2, 0) is 11.2 Å². The molecular weight excluding hydrogens is 181 g/mol. The summed E-state index contributed by atoms with van der Waals surface area (Å²) in [7, 11) is 1.65. The molecule has 0 aliphatic heterocycles. The Morgan fingerprint density at radius 1 is 1.50 bits per heavy atom. The van der Waals surface area contributed by atoms with E-state index in [0.717, 1.165) is 12.0 Å². The lowest BCUT2D eigenvalue weighted by Crippen LogP contribution is -2.24. The van der Waals surface area contributed by atoms with Crippen LogP contribution in [0.15, 0.2) is 24.3 Å². The predicted molar refractivity (Wildman–Crippen MR) is 54.6 cm³/mol. The van der Waals surface area contributed by atoms with Crippen molar-refractivity contribution in [1.29, 1.82) is 0 Å². The van der Waals surface area contributed by atoms with E-state index in [-0.39, 0.29) is 11.9 Å². The SMILES string of the molecule is COCCC(N)Cc1cccc(F)c1. The molecule has 1 aromatic carbocycles. The Morgan fingerprint density at radius 2 is 2.29 bits per heavy atom. The summed E-state index contributed by atoms with van der Waals surface area (Å²) in [6.45, 7) is 0.649. The number of hydrogen-bond acceptors (Lipinski definition) is 2. The molecule has 14 heavy (non-hydrogen) atoms. The van der Waals surface area contributed by atoms with Crippen LogP contribution < -0.4 is 5.73 Å². The third kappa shape index (κ3) is 3.85. The third-order valence-electron chi connectivity index (χ3n) is 2.08. The van der Waals surface area contributed by atoms with E-state index in [0.29, 0.717) is 13.0 Å². The minimum atomic E-state index is -0.207. The van der Waals surface area contributed by atoms with Gasteiger partial charge in [-0.2, -0.15) is 0 Å². The molecule has 2 N–H and O–H groups in total. The van der Waals surface area contributed by atoms with Crippen molar-refractivity contribution in [3.63, 3.8) is 0 Å². The minimum absolute atomic E-state index is 0.0387. The summed E-state index contributed by atoms with van der Waals surface area (Å²) >= 11 is 0. The number of nitrogens with two attached hydrogens (primary N) is 1. The molecule has 0 radical (unpaired) electrons. The predicted octanol–water partition coefficient (Wildman–Crippen LogP) is 1.73. The van der Waals surface area contributed by atoms with Crippen molar-refractivity contribution < 1.29 is 9.13 Å². The van der Waals surface area contributed by atoms with Gasteiger partial charge in [0.15, 0.2) is 0 Å². The van der Waals surface area contributed by atoms with Crippen molar-refractivity contribution in [2.24, 2.45) is 5.73 Å². The van der Waals surface area contributed by atoms with Gasteiger partial charge in [0.25, 0.3) is 0 Å². The van der Waals surface area contributed by atoms with Crippen molar-refractivity contribution >= 4 is 0 Å². The Bertz CT molecular complexity index is 278. The molecule has 78 valence electrons. The van der Waals surface area contributed by atoms with Crippen molar-refractivity contribution in [1.82, 2.24) is 0 Å². The maximum absolute atomic E-state index is 12.8. The topological polar surface area (TPSA) is 35.2 Å². The zero-order valence-electron chi connectivity index (χ0n) is 8.37. The quantitative estimate of drug-likeness (QED) is 0.780. The average molecular weight is 197 g/mol. The van der Waals surface area contributed by atoms with E-state index in [1.54, 1.807) is 13.2 Å². The summed E-state index contributed by atoms with van der Waals surface area (Å²) < 4.78 is 17.7. The maximum atomic E-state index is 12.8. The molecule has 0 saturated carbocycles. The largest absolute Gasteiger partial charge is 0.385 e. The van der Waals surface area contributed by atoms with Crippen LogP contribution in [0.3, 0.4) is 0 Å². The summed E-state index contributed by atoms with van der Waals surface area (Å²) in [5, 5.41) is 0. The number of ether oxygens (including phenoxy) is 1. The molecule has 0 spiro atoms. The van der Waals surface area contributed by atoms with Crippen molar-refractivity contribution in [2.75, 3.05) is 13.7 Å². The van der Waals surface area contributed by atoms with E-state index in [1.807, 2.05) is 6.07 Å². The zero-order valence-corrected chi connectivity index (χ0v) is 8.37. The maximum Gasteiger partial charge on any atom is 0.123 e. The fraction of sp³-hybridized carbons (Fsp3) is 0.455. The lowest BCUT2D eigenvalue weighted by molar-refractivity contribution is 0.188. The first kappa shape index (κ1) is 11.1. The molecule has 0 bridgehead atoms. The van der Waals surface area contributed by atoms with Gasteiger partial charge in [-0.15, -0.1) is 0 Å². The first-order valence-electron chi connectivity index (χ1n) is 4.71. The molecule has 1 unspecified atom stereocenters. The van der Waals surface area contributed by atoms with Crippen LogP contribution in [0.4, 0.5) is 4.39 Å². The monoisotopic (exact) mass is 197 g/mol. The molecule has 0 aromatic heterocycles. The molecule has 1 rings (SSSR count). The summed E-state index contributed by atoms with van der Waals surface area (Å²) in [5.41, 5.74) is 6.78. The van der Waals surface area contributed by atoms with Gasteiger partial charge in [-0.1, -0.05) is 12.1 Å². The molecule has 0 heterocycles. The van der Waals surface area contributed by atoms with E-state index >= 15 is 0 Å². The zero-order chi connectivity index (χ0) is 10.4. The molecule has 0 aliphatic carbocycles. The van der Waals surface area contributed by atoms with E-state index in [1.165, 1.54) is 12.1 Å². The molecule has 0 amide bonds. The van der Waals surface area contributed by atoms with Gasteiger partial charge in [0, 0.05) is 19.8 Å². The van der Waals surface area contributed by atoms with Crippen LogP contribution in [0, 0.1) is 5.82 Å². The number of methoxy groups -OCH3 is 1. The van der Waals surface area contributed by atoms with Gasteiger partial charge in [-0.05, 0) is 30.5 Å². The molecule has 0 aliphatic rings. The van der Waals surface area contributed by atoms with Gasteiger partial charge in [-0.25, -0.2) is 4.39 Å². The molecule has 0 fully saturated rings. The van der Waals surface area contributed by atoms with E-state index in [9.17, 15) is 4.39 Å². The van der Waals surface area contributed by atoms with Gasteiger partial charge in [-0.3, -0.25) is 0 Å². The Balaban J connectivity index is 2.43. The van der Waals surface area contributed by atoms with Crippen LogP contribution in [0.5, 0.6) is 0 Å². The second kappa shape index (κ2) is 5.73. The highest BCUT2D eigenvalue weighted by atomic mass is 19.1. The van der Waals surface area contributed by atoms with Crippen molar-refractivity contribution in [3.8, 4) is 0 Å². The lowest BCUT2D eigenvalue weighted by atomic mass is 10.0. The lowest BCUT2D eigenvalue weighted by Gasteiger charge is -2.10. The Morgan fingerprint density at radius 3 is 2.93 bits per heavy atom. The summed E-state index contributed by atoms with van der Waals surface area (Å²) in [5.74, 6) is -0.207. The highest BCUT2D eigenvalue weighted by molar-refractivity contribution is 5.17. The van der Waals surface area contributed by atoms with Gasteiger partial charge in [0.1, 0.15) is 5.82 Å². The fourth-order valence-electron chi connectivity index (χ4n) is 1.34. The van der Waals surface area contributed by atoms with Crippen molar-refractivity contribution in [3.05, 3.63) is 35.6 Å². The molecule has 1 aromatic rings. The van der Waals surface area contributed by atoms with Crippen LogP contribution in [0.25, 0.3) is 0 Å². The van der Waals surface area contributed by atoms with Crippen LogP contribution >= 0.6 is 0 Å². The number of hydrogen-bond donors (Lipinski definition) is 1. The Hall–Kier alpha value is -0.930. The molecular formula is C11H16FNO. The van der Waals surface area contributed by atoms with E-state index in [4.69, 9.17) is 10.5 Å².